The van der Waals surface area contributed by atoms with Gasteiger partial charge in [0.1, 0.15) is 6.04 Å². The van der Waals surface area contributed by atoms with Crippen molar-refractivity contribution in [2.75, 3.05) is 4.90 Å². The Morgan fingerprint density at radius 2 is 1.89 bits per heavy atom. The number of amides is 1. The topological polar surface area (TPSA) is 46.3 Å². The fourth-order valence-electron chi connectivity index (χ4n) is 2.37. The Morgan fingerprint density at radius 3 is 2.63 bits per heavy atom. The minimum Gasteiger partial charge on any atom is -0.316 e. The second-order valence-corrected chi connectivity index (χ2v) is 5.03. The first-order chi connectivity index (χ1) is 9.16. The van der Waals surface area contributed by atoms with Crippen LogP contribution in [0.5, 0.6) is 0 Å². The van der Waals surface area contributed by atoms with Crippen LogP contribution in [0, 0.1) is 0 Å². The van der Waals surface area contributed by atoms with E-state index in [1.807, 2.05) is 36.4 Å². The number of carbonyl (C=O) groups excluding carboxylic acids is 1. The smallest absolute Gasteiger partial charge is 0.248 e. The average molecular weight is 273 g/mol. The molecule has 0 aromatic heterocycles. The molecule has 0 spiro atoms. The molecule has 2 aromatic carbocycles. The van der Waals surface area contributed by atoms with E-state index in [2.05, 4.69) is 0 Å². The number of carbonyl (C=O) groups is 1. The summed E-state index contributed by atoms with van der Waals surface area (Å²) in [5.41, 5.74) is 8.68. The van der Waals surface area contributed by atoms with Crippen LogP contribution >= 0.6 is 11.6 Å². The summed E-state index contributed by atoms with van der Waals surface area (Å²) in [6, 6.07) is 14.6. The van der Waals surface area contributed by atoms with Crippen molar-refractivity contribution in [3.63, 3.8) is 0 Å². The van der Waals surface area contributed by atoms with Gasteiger partial charge >= 0.3 is 0 Å². The molecule has 0 fully saturated rings. The molecule has 1 aliphatic heterocycles. The van der Waals surface area contributed by atoms with E-state index < -0.39 is 6.04 Å². The van der Waals surface area contributed by atoms with Crippen molar-refractivity contribution >= 4 is 23.2 Å². The molecule has 1 amide bonds. The standard InChI is InChI=1S/C15H13ClN2O/c16-11-6-7-13-12(8-11)14(17)15(19)18(13)9-10-4-2-1-3-5-10/h1-8,14H,9,17H2/t14-/m0/s1. The number of benzene rings is 2. The van der Waals surface area contributed by atoms with E-state index in [4.69, 9.17) is 17.3 Å². The molecule has 3 rings (SSSR count). The number of nitrogens with zero attached hydrogens (tertiary/aromatic N) is 1. The summed E-state index contributed by atoms with van der Waals surface area (Å²) in [5, 5.41) is 0.601. The van der Waals surface area contributed by atoms with E-state index in [9.17, 15) is 4.79 Å². The fraction of sp³-hybridized carbons (Fsp3) is 0.133. The molecule has 0 unspecified atom stereocenters. The van der Waals surface area contributed by atoms with Crippen LogP contribution in [0.1, 0.15) is 17.2 Å². The van der Waals surface area contributed by atoms with E-state index >= 15 is 0 Å². The predicted molar refractivity (Wildman–Crippen MR) is 76.0 cm³/mol. The fourth-order valence-corrected chi connectivity index (χ4v) is 2.55. The van der Waals surface area contributed by atoms with Crippen LogP contribution in [0.4, 0.5) is 5.69 Å². The summed E-state index contributed by atoms with van der Waals surface area (Å²) < 4.78 is 0. The SMILES string of the molecule is N[C@@H]1C(=O)N(Cc2ccccc2)c2ccc(Cl)cc21. The number of fused-ring (bicyclic) bond motifs is 1. The maximum Gasteiger partial charge on any atom is 0.248 e. The molecule has 19 heavy (non-hydrogen) atoms. The lowest BCUT2D eigenvalue weighted by Gasteiger charge is -2.17. The van der Waals surface area contributed by atoms with Gasteiger partial charge < -0.3 is 10.6 Å². The molecule has 1 aliphatic rings. The van der Waals surface area contributed by atoms with Crippen molar-refractivity contribution < 1.29 is 4.79 Å². The van der Waals surface area contributed by atoms with Crippen molar-refractivity contribution in [3.05, 3.63) is 64.7 Å². The molecule has 3 nitrogen and oxygen atoms in total. The molecule has 0 bridgehead atoms. The second kappa shape index (κ2) is 4.68. The molecule has 2 aromatic rings. The molecule has 4 heteroatoms. The van der Waals surface area contributed by atoms with Crippen LogP contribution in [-0.2, 0) is 11.3 Å². The van der Waals surface area contributed by atoms with Gasteiger partial charge in [-0.15, -0.1) is 0 Å². The van der Waals surface area contributed by atoms with Gasteiger partial charge in [-0.1, -0.05) is 41.9 Å². The van der Waals surface area contributed by atoms with Crippen molar-refractivity contribution in [1.29, 1.82) is 0 Å². The highest BCUT2D eigenvalue weighted by atomic mass is 35.5. The van der Waals surface area contributed by atoms with Crippen molar-refractivity contribution in [2.45, 2.75) is 12.6 Å². The van der Waals surface area contributed by atoms with Gasteiger partial charge in [-0.2, -0.15) is 0 Å². The number of hydrogen-bond donors (Lipinski definition) is 1. The average Bonchev–Trinajstić information content (AvgIpc) is 2.65. The molecule has 2 N–H and O–H groups in total. The van der Waals surface area contributed by atoms with Crippen LogP contribution in [0.2, 0.25) is 5.02 Å². The quantitative estimate of drug-likeness (QED) is 0.914. The van der Waals surface area contributed by atoms with Crippen LogP contribution in [-0.4, -0.2) is 5.91 Å². The monoisotopic (exact) mass is 272 g/mol. The van der Waals surface area contributed by atoms with Crippen molar-refractivity contribution in [1.82, 2.24) is 0 Å². The van der Waals surface area contributed by atoms with Gasteiger partial charge in [0, 0.05) is 16.3 Å². The molecule has 0 saturated carbocycles. The normalized spacial score (nSPS) is 17.7. The van der Waals surface area contributed by atoms with Crippen LogP contribution < -0.4 is 10.6 Å². The van der Waals surface area contributed by atoms with Gasteiger partial charge in [-0.05, 0) is 23.8 Å². The first-order valence-corrected chi connectivity index (χ1v) is 6.45. The highest BCUT2D eigenvalue weighted by Gasteiger charge is 2.34. The predicted octanol–water partition coefficient (Wildman–Crippen LogP) is 2.89. The second-order valence-electron chi connectivity index (χ2n) is 4.59. The Morgan fingerprint density at radius 1 is 1.16 bits per heavy atom. The Kier molecular flexibility index (Phi) is 3.01. The zero-order chi connectivity index (χ0) is 13.4. The Hall–Kier alpha value is -1.84. The zero-order valence-corrected chi connectivity index (χ0v) is 11.0. The van der Waals surface area contributed by atoms with E-state index in [1.54, 1.807) is 17.0 Å². The molecule has 1 atom stereocenters. The molecule has 0 saturated heterocycles. The van der Waals surface area contributed by atoms with Gasteiger partial charge in [0.25, 0.3) is 0 Å². The third-order valence-electron chi connectivity index (χ3n) is 3.33. The van der Waals surface area contributed by atoms with E-state index in [0.29, 0.717) is 11.6 Å². The molecule has 1 heterocycles. The summed E-state index contributed by atoms with van der Waals surface area (Å²) >= 11 is 5.96. The highest BCUT2D eigenvalue weighted by molar-refractivity contribution is 6.31. The maximum atomic E-state index is 12.2. The lowest BCUT2D eigenvalue weighted by atomic mass is 10.1. The van der Waals surface area contributed by atoms with Gasteiger partial charge in [0.2, 0.25) is 5.91 Å². The van der Waals surface area contributed by atoms with E-state index in [0.717, 1.165) is 16.8 Å². The third-order valence-corrected chi connectivity index (χ3v) is 3.57. The minimum absolute atomic E-state index is 0.0823. The lowest BCUT2D eigenvalue weighted by molar-refractivity contribution is -0.119. The van der Waals surface area contributed by atoms with E-state index in [1.165, 1.54) is 0 Å². The van der Waals surface area contributed by atoms with Gasteiger partial charge in [-0.3, -0.25) is 4.79 Å². The van der Waals surface area contributed by atoms with Gasteiger partial charge in [0.15, 0.2) is 0 Å². The van der Waals surface area contributed by atoms with Crippen LogP contribution in [0.15, 0.2) is 48.5 Å². The Bertz CT molecular complexity index is 627. The number of nitrogens with two attached hydrogens (primary N) is 1. The summed E-state index contributed by atoms with van der Waals surface area (Å²) in [6.45, 7) is 0.530. The van der Waals surface area contributed by atoms with E-state index in [-0.39, 0.29) is 5.91 Å². The molecule has 96 valence electrons. The largest absolute Gasteiger partial charge is 0.316 e. The molecular formula is C15H13ClN2O. The number of hydrogen-bond acceptors (Lipinski definition) is 2. The first kappa shape index (κ1) is 12.2. The Balaban J connectivity index is 1.98. The maximum absolute atomic E-state index is 12.2. The zero-order valence-electron chi connectivity index (χ0n) is 10.2. The summed E-state index contributed by atoms with van der Waals surface area (Å²) in [5.74, 6) is -0.0823. The summed E-state index contributed by atoms with van der Waals surface area (Å²) in [7, 11) is 0. The van der Waals surface area contributed by atoms with Gasteiger partial charge in [-0.25, -0.2) is 0 Å². The lowest BCUT2D eigenvalue weighted by Crippen LogP contribution is -2.31. The van der Waals surface area contributed by atoms with Crippen LogP contribution in [0.25, 0.3) is 0 Å². The van der Waals surface area contributed by atoms with Crippen molar-refractivity contribution in [2.24, 2.45) is 5.73 Å². The molecular weight excluding hydrogens is 260 g/mol. The number of halogens is 1. The molecule has 0 radical (unpaired) electrons. The van der Waals surface area contributed by atoms with Crippen LogP contribution in [0.3, 0.4) is 0 Å². The first-order valence-electron chi connectivity index (χ1n) is 6.07. The van der Waals surface area contributed by atoms with Gasteiger partial charge in [0.05, 0.1) is 6.54 Å². The number of anilines is 1. The van der Waals surface area contributed by atoms with Crippen molar-refractivity contribution in [3.8, 4) is 0 Å². The number of rotatable bonds is 2. The Labute approximate surface area is 116 Å². The highest BCUT2D eigenvalue weighted by Crippen LogP contribution is 2.37. The molecule has 0 aliphatic carbocycles. The minimum atomic E-state index is -0.614. The summed E-state index contributed by atoms with van der Waals surface area (Å²) in [6.07, 6.45) is 0. The summed E-state index contributed by atoms with van der Waals surface area (Å²) in [4.78, 5) is 13.9. The third kappa shape index (κ3) is 2.11.